The average molecular weight is 563 g/mol. The van der Waals surface area contributed by atoms with Gasteiger partial charge in [-0.05, 0) is 34.6 Å². The second kappa shape index (κ2) is 9.87. The monoisotopic (exact) mass is 562 g/mol. The SMILES string of the molecule is COc1ccc([C@H]2C3=C(CC(C)(C)CC3=O)Oc3ncn4nc(COc5cccc6ccccc56)nc4c32)cc1OC. The van der Waals surface area contributed by atoms with Crippen molar-refractivity contribution in [3.05, 3.63) is 95.3 Å². The lowest BCUT2D eigenvalue weighted by Crippen LogP contribution is -2.33. The Bertz CT molecular complexity index is 1900. The molecule has 0 amide bonds. The van der Waals surface area contributed by atoms with E-state index >= 15 is 0 Å². The highest BCUT2D eigenvalue weighted by Gasteiger charge is 2.44. The first kappa shape index (κ1) is 26.0. The van der Waals surface area contributed by atoms with Gasteiger partial charge in [-0.2, -0.15) is 0 Å². The van der Waals surface area contributed by atoms with Gasteiger partial charge in [-0.1, -0.05) is 56.3 Å². The Labute approximate surface area is 242 Å². The molecule has 1 aliphatic carbocycles. The van der Waals surface area contributed by atoms with Gasteiger partial charge in [-0.25, -0.2) is 14.5 Å². The molecule has 42 heavy (non-hydrogen) atoms. The van der Waals surface area contributed by atoms with Gasteiger partial charge in [0.2, 0.25) is 5.88 Å². The van der Waals surface area contributed by atoms with Crippen molar-refractivity contribution in [2.45, 2.75) is 39.2 Å². The maximum absolute atomic E-state index is 13.7. The van der Waals surface area contributed by atoms with E-state index < -0.39 is 5.92 Å². The number of ether oxygens (including phenoxy) is 4. The number of Topliss-reactive ketones (excluding diaryl/α,β-unsaturated/α-hetero) is 1. The summed E-state index contributed by atoms with van der Waals surface area (Å²) in [6.07, 6.45) is 2.64. The number of aromatic nitrogens is 4. The zero-order valence-electron chi connectivity index (χ0n) is 23.9. The number of ketones is 1. The molecule has 5 aromatic rings. The first-order valence-corrected chi connectivity index (χ1v) is 13.9. The van der Waals surface area contributed by atoms with Gasteiger partial charge >= 0.3 is 0 Å². The molecule has 0 bridgehead atoms. The van der Waals surface area contributed by atoms with Crippen molar-refractivity contribution >= 4 is 22.2 Å². The van der Waals surface area contributed by atoms with Gasteiger partial charge in [-0.15, -0.1) is 5.10 Å². The number of benzene rings is 3. The van der Waals surface area contributed by atoms with Crippen LogP contribution in [0.25, 0.3) is 16.4 Å². The minimum absolute atomic E-state index is 0.0488. The molecule has 2 aliphatic rings. The van der Waals surface area contributed by atoms with Crippen LogP contribution in [0.3, 0.4) is 0 Å². The lowest BCUT2D eigenvalue weighted by molar-refractivity contribution is -0.118. The number of hydrogen-bond donors (Lipinski definition) is 0. The Kier molecular flexibility index (Phi) is 6.11. The van der Waals surface area contributed by atoms with E-state index in [1.54, 1.807) is 25.1 Å². The molecule has 0 spiro atoms. The van der Waals surface area contributed by atoms with Crippen LogP contribution in [0.5, 0.6) is 23.1 Å². The molecule has 0 N–H and O–H groups in total. The third-order valence-electron chi connectivity index (χ3n) is 7.95. The quantitative estimate of drug-likeness (QED) is 0.247. The van der Waals surface area contributed by atoms with Crippen molar-refractivity contribution < 1.29 is 23.7 Å². The molecule has 0 unspecified atom stereocenters. The number of allylic oxidation sites excluding steroid dienone is 2. The number of hydrogen-bond acceptors (Lipinski definition) is 8. The molecule has 3 aromatic carbocycles. The lowest BCUT2D eigenvalue weighted by atomic mass is 9.70. The summed E-state index contributed by atoms with van der Waals surface area (Å²) in [5.74, 6) is 3.06. The van der Waals surface area contributed by atoms with Crippen molar-refractivity contribution in [2.24, 2.45) is 5.41 Å². The molecule has 9 nitrogen and oxygen atoms in total. The molecule has 0 saturated heterocycles. The van der Waals surface area contributed by atoms with Gasteiger partial charge < -0.3 is 18.9 Å². The van der Waals surface area contributed by atoms with Crippen LogP contribution in [0.2, 0.25) is 0 Å². The van der Waals surface area contributed by atoms with Crippen LogP contribution in [0, 0.1) is 5.41 Å². The standard InChI is InChI=1S/C33H30N4O5/c1-33(2)15-22(38)29-26(16-33)42-32-30(28(29)20-12-13-24(39-3)25(14-20)40-4)31-35-27(36-37(31)18-34-32)17-41-23-11-7-9-19-8-5-6-10-21(19)23/h5-14,18,28H,15-17H2,1-4H3/t28-/m0/s1. The maximum Gasteiger partial charge on any atom is 0.228 e. The molecular formula is C33H30N4O5. The van der Waals surface area contributed by atoms with Crippen molar-refractivity contribution in [3.63, 3.8) is 0 Å². The van der Waals surface area contributed by atoms with Crippen molar-refractivity contribution in [1.29, 1.82) is 0 Å². The molecule has 2 aromatic heterocycles. The molecule has 212 valence electrons. The van der Waals surface area contributed by atoms with E-state index in [1.165, 1.54) is 0 Å². The Morgan fingerprint density at radius 3 is 2.62 bits per heavy atom. The fourth-order valence-corrected chi connectivity index (χ4v) is 6.08. The smallest absolute Gasteiger partial charge is 0.228 e. The number of nitrogens with zero attached hydrogens (tertiary/aromatic N) is 4. The minimum atomic E-state index is -0.473. The molecule has 1 aliphatic heterocycles. The second-order valence-corrected chi connectivity index (χ2v) is 11.5. The summed E-state index contributed by atoms with van der Waals surface area (Å²) < 4.78 is 25.3. The maximum atomic E-state index is 13.7. The number of fused-ring (bicyclic) bond motifs is 4. The summed E-state index contributed by atoms with van der Waals surface area (Å²) in [5.41, 5.74) is 2.49. The molecule has 0 fully saturated rings. The van der Waals surface area contributed by atoms with E-state index in [-0.39, 0.29) is 17.8 Å². The number of rotatable bonds is 6. The van der Waals surface area contributed by atoms with E-state index in [0.29, 0.717) is 58.6 Å². The molecule has 1 atom stereocenters. The van der Waals surface area contributed by atoms with Crippen LogP contribution < -0.4 is 18.9 Å². The molecule has 9 heteroatoms. The highest BCUT2D eigenvalue weighted by molar-refractivity contribution is 6.00. The van der Waals surface area contributed by atoms with E-state index in [0.717, 1.165) is 22.1 Å². The molecular weight excluding hydrogens is 532 g/mol. The summed E-state index contributed by atoms with van der Waals surface area (Å²) >= 11 is 0. The largest absolute Gasteiger partial charge is 0.493 e. The first-order valence-electron chi connectivity index (χ1n) is 13.9. The highest BCUT2D eigenvalue weighted by Crippen LogP contribution is 2.51. The predicted molar refractivity (Wildman–Crippen MR) is 156 cm³/mol. The van der Waals surface area contributed by atoms with E-state index in [4.69, 9.17) is 23.9 Å². The van der Waals surface area contributed by atoms with Crippen LogP contribution in [0.1, 0.15) is 49.6 Å². The Balaban J connectivity index is 1.34. The Morgan fingerprint density at radius 1 is 0.976 bits per heavy atom. The second-order valence-electron chi connectivity index (χ2n) is 11.5. The number of carbonyl (C=O) groups is 1. The van der Waals surface area contributed by atoms with E-state index in [1.807, 2.05) is 60.7 Å². The zero-order chi connectivity index (χ0) is 29.0. The summed E-state index contributed by atoms with van der Waals surface area (Å²) in [4.78, 5) is 23.3. The third-order valence-corrected chi connectivity index (χ3v) is 7.95. The van der Waals surface area contributed by atoms with Gasteiger partial charge in [0.25, 0.3) is 0 Å². The number of methoxy groups -OCH3 is 2. The average Bonchev–Trinajstić information content (AvgIpc) is 3.41. The summed E-state index contributed by atoms with van der Waals surface area (Å²) in [7, 11) is 3.19. The van der Waals surface area contributed by atoms with Crippen LogP contribution in [-0.2, 0) is 11.4 Å². The molecule has 3 heterocycles. The van der Waals surface area contributed by atoms with Crippen molar-refractivity contribution in [1.82, 2.24) is 19.6 Å². The van der Waals surface area contributed by atoms with Crippen LogP contribution >= 0.6 is 0 Å². The lowest BCUT2D eigenvalue weighted by Gasteiger charge is -2.37. The summed E-state index contributed by atoms with van der Waals surface area (Å²) in [6.45, 7) is 4.32. The van der Waals surface area contributed by atoms with Gasteiger partial charge in [0.15, 0.2) is 28.8 Å². The zero-order valence-corrected chi connectivity index (χ0v) is 23.9. The molecule has 0 saturated carbocycles. The fourth-order valence-electron chi connectivity index (χ4n) is 6.08. The summed E-state index contributed by atoms with van der Waals surface area (Å²) in [5, 5.41) is 6.78. The molecule has 7 rings (SSSR count). The topological polar surface area (TPSA) is 97.1 Å². The van der Waals surface area contributed by atoms with Crippen molar-refractivity contribution in [2.75, 3.05) is 14.2 Å². The van der Waals surface area contributed by atoms with Crippen molar-refractivity contribution in [3.8, 4) is 23.1 Å². The van der Waals surface area contributed by atoms with Gasteiger partial charge in [-0.3, -0.25) is 4.79 Å². The first-order chi connectivity index (χ1) is 20.3. The van der Waals surface area contributed by atoms with Gasteiger partial charge in [0.1, 0.15) is 24.4 Å². The Hall–Kier alpha value is -4.92. The summed E-state index contributed by atoms with van der Waals surface area (Å²) in [6, 6.07) is 19.7. The van der Waals surface area contributed by atoms with Crippen LogP contribution in [-0.4, -0.2) is 39.6 Å². The molecule has 0 radical (unpaired) electrons. The van der Waals surface area contributed by atoms with Crippen LogP contribution in [0.4, 0.5) is 0 Å². The predicted octanol–water partition coefficient (Wildman–Crippen LogP) is 6.04. The highest BCUT2D eigenvalue weighted by atomic mass is 16.5. The minimum Gasteiger partial charge on any atom is -0.493 e. The number of carbonyl (C=O) groups excluding carboxylic acids is 1. The van der Waals surface area contributed by atoms with Crippen LogP contribution in [0.15, 0.2) is 78.3 Å². The van der Waals surface area contributed by atoms with Gasteiger partial charge in [0.05, 0.1) is 25.7 Å². The Morgan fingerprint density at radius 2 is 1.79 bits per heavy atom. The van der Waals surface area contributed by atoms with E-state index in [9.17, 15) is 4.79 Å². The van der Waals surface area contributed by atoms with E-state index in [2.05, 4.69) is 23.9 Å². The normalized spacial score (nSPS) is 17.5. The van der Waals surface area contributed by atoms with Gasteiger partial charge in [0, 0.05) is 23.8 Å². The fraction of sp³-hybridized carbons (Fsp3) is 0.273. The third kappa shape index (κ3) is 4.32.